The van der Waals surface area contributed by atoms with E-state index in [0.717, 1.165) is 20.8 Å². The molecule has 0 unspecified atom stereocenters. The third-order valence-corrected chi connectivity index (χ3v) is 3.82. The monoisotopic (exact) mass is 350 g/mol. The summed E-state index contributed by atoms with van der Waals surface area (Å²) < 4.78 is 19.4. The van der Waals surface area contributed by atoms with E-state index in [-0.39, 0.29) is 12.2 Å². The van der Waals surface area contributed by atoms with Crippen molar-refractivity contribution >= 4 is 32.9 Å². The van der Waals surface area contributed by atoms with Gasteiger partial charge in [-0.05, 0) is 13.3 Å². The van der Waals surface area contributed by atoms with Gasteiger partial charge in [0.15, 0.2) is 0 Å². The Kier molecular flexibility index (Phi) is 11.4. The van der Waals surface area contributed by atoms with Crippen LogP contribution in [0.3, 0.4) is 0 Å². The Hall–Kier alpha value is -2.20. The molecular formula is C13H22O9Si. The second-order valence-electron chi connectivity index (χ2n) is 4.21. The van der Waals surface area contributed by atoms with Gasteiger partial charge in [0, 0.05) is 33.0 Å². The molecule has 132 valence electrons. The maximum absolute atomic E-state index is 10.9. The van der Waals surface area contributed by atoms with Crippen molar-refractivity contribution in [2.24, 2.45) is 0 Å². The van der Waals surface area contributed by atoms with Crippen LogP contribution in [0.1, 0.15) is 41.0 Å². The van der Waals surface area contributed by atoms with Crippen LogP contribution in [-0.2, 0) is 36.9 Å². The number of hydrogen-bond donors (Lipinski definition) is 1. The van der Waals surface area contributed by atoms with E-state index in [1.807, 2.05) is 0 Å². The second-order valence-corrected chi connectivity index (χ2v) is 6.12. The summed E-state index contributed by atoms with van der Waals surface area (Å²) in [6.07, 6.45) is 0.582. The summed E-state index contributed by atoms with van der Waals surface area (Å²) in [4.78, 5) is 42.4. The summed E-state index contributed by atoms with van der Waals surface area (Å²) >= 11 is 0. The average Bonchev–Trinajstić information content (AvgIpc) is 2.34. The molecule has 0 radical (unpaired) electrons. The Morgan fingerprint density at radius 1 is 0.913 bits per heavy atom. The molecule has 0 fully saturated rings. The van der Waals surface area contributed by atoms with E-state index in [1.165, 1.54) is 6.92 Å². The molecule has 0 spiro atoms. The first-order valence-electron chi connectivity index (χ1n) is 6.57. The fourth-order valence-corrected chi connectivity index (χ4v) is 2.72. The van der Waals surface area contributed by atoms with Gasteiger partial charge in [0.05, 0.1) is 0 Å². The lowest BCUT2D eigenvalue weighted by molar-refractivity contribution is -0.156. The van der Waals surface area contributed by atoms with Gasteiger partial charge in [-0.15, -0.1) is 0 Å². The molecule has 0 rings (SSSR count). The molecule has 0 aliphatic rings. The van der Waals surface area contributed by atoms with Gasteiger partial charge in [-0.2, -0.15) is 0 Å². The highest BCUT2D eigenvalue weighted by Crippen LogP contribution is 2.13. The van der Waals surface area contributed by atoms with E-state index in [1.54, 1.807) is 6.92 Å². The molecule has 0 aromatic heterocycles. The highest BCUT2D eigenvalue weighted by atomic mass is 28.4. The molecule has 10 heteroatoms. The molecule has 0 saturated heterocycles. The minimum atomic E-state index is -4.05. The quantitative estimate of drug-likeness (QED) is 0.532. The molecule has 23 heavy (non-hydrogen) atoms. The number of aliphatic carboxylic acids is 1. The molecule has 9 nitrogen and oxygen atoms in total. The van der Waals surface area contributed by atoms with Crippen molar-refractivity contribution in [1.82, 2.24) is 0 Å². The largest absolute Gasteiger partial charge is 0.899 e. The van der Waals surface area contributed by atoms with Gasteiger partial charge in [0.2, 0.25) is 0 Å². The van der Waals surface area contributed by atoms with Crippen LogP contribution in [-0.4, -0.2) is 44.6 Å². The van der Waals surface area contributed by atoms with Crippen molar-refractivity contribution < 1.29 is 42.0 Å². The highest BCUT2D eigenvalue weighted by molar-refractivity contribution is 6.59. The molecule has 0 aromatic carbocycles. The SMILES string of the molecule is C=C(C)C(=O)O.CCCO[Si](OC(C)=O)(OC(C)=O)OC(C)=O. The maximum Gasteiger partial charge on any atom is 0.899 e. The Morgan fingerprint density at radius 3 is 1.39 bits per heavy atom. The van der Waals surface area contributed by atoms with Gasteiger partial charge in [-0.3, -0.25) is 14.4 Å². The van der Waals surface area contributed by atoms with Gasteiger partial charge in [0.1, 0.15) is 0 Å². The third-order valence-electron chi connectivity index (χ3n) is 1.65. The van der Waals surface area contributed by atoms with Crippen molar-refractivity contribution in [3.8, 4) is 0 Å². The molecule has 0 bridgehead atoms. The fraction of sp³-hybridized carbons (Fsp3) is 0.538. The first-order chi connectivity index (χ1) is 10.5. The Morgan fingerprint density at radius 2 is 1.22 bits per heavy atom. The zero-order valence-electron chi connectivity index (χ0n) is 13.8. The van der Waals surface area contributed by atoms with Gasteiger partial charge in [-0.25, -0.2) is 4.79 Å². The minimum absolute atomic E-state index is 0.139. The number of carboxylic acids is 1. The topological polar surface area (TPSA) is 125 Å². The normalized spacial score (nSPS) is 9.78. The number of hydrogen-bond acceptors (Lipinski definition) is 8. The number of rotatable bonds is 7. The highest BCUT2D eigenvalue weighted by Gasteiger charge is 2.57. The lowest BCUT2D eigenvalue weighted by atomic mass is 10.4. The molecule has 0 atom stereocenters. The van der Waals surface area contributed by atoms with Crippen LogP contribution in [0, 0.1) is 0 Å². The zero-order valence-corrected chi connectivity index (χ0v) is 14.8. The Labute approximate surface area is 135 Å². The third kappa shape index (κ3) is 13.2. The van der Waals surface area contributed by atoms with Gasteiger partial charge in [0.25, 0.3) is 17.9 Å². The molecule has 0 saturated carbocycles. The standard InChI is InChI=1S/C9H16O7Si.C4H6O2/c1-5-6-13-17(14-7(2)10,15-8(3)11)16-9(4)12;1-3(2)4(5)6/h5-6H2,1-4H3;1H2,2H3,(H,5,6). The summed E-state index contributed by atoms with van der Waals surface area (Å²) in [5.41, 5.74) is 0.176. The van der Waals surface area contributed by atoms with E-state index < -0.39 is 32.9 Å². The lowest BCUT2D eigenvalue weighted by Gasteiger charge is -2.23. The second kappa shape index (κ2) is 11.4. The fourth-order valence-electron chi connectivity index (χ4n) is 0.906. The zero-order chi connectivity index (χ0) is 18.6. The Bertz CT molecular complexity index is 406. The van der Waals surface area contributed by atoms with Crippen LogP contribution in [0.25, 0.3) is 0 Å². The van der Waals surface area contributed by atoms with Gasteiger partial charge < -0.3 is 22.8 Å². The van der Waals surface area contributed by atoms with Crippen molar-refractivity contribution in [2.45, 2.75) is 41.0 Å². The minimum Gasteiger partial charge on any atom is -0.478 e. The Balaban J connectivity index is 0. The van der Waals surface area contributed by atoms with Gasteiger partial charge in [-0.1, -0.05) is 13.5 Å². The van der Waals surface area contributed by atoms with Crippen LogP contribution in [0.15, 0.2) is 12.2 Å². The first-order valence-corrected chi connectivity index (χ1v) is 8.20. The summed E-state index contributed by atoms with van der Waals surface area (Å²) in [6, 6.07) is 0. The van der Waals surface area contributed by atoms with E-state index in [0.29, 0.717) is 6.42 Å². The molecule has 0 aliphatic heterocycles. The van der Waals surface area contributed by atoms with Crippen LogP contribution in [0.5, 0.6) is 0 Å². The first kappa shape index (κ1) is 23.1. The van der Waals surface area contributed by atoms with Gasteiger partial charge >= 0.3 is 15.0 Å². The number of carbonyl (C=O) groups is 4. The van der Waals surface area contributed by atoms with Crippen LogP contribution in [0.4, 0.5) is 0 Å². The van der Waals surface area contributed by atoms with Crippen molar-refractivity contribution in [2.75, 3.05) is 6.61 Å². The van der Waals surface area contributed by atoms with E-state index in [2.05, 4.69) is 6.58 Å². The van der Waals surface area contributed by atoms with Crippen LogP contribution in [0.2, 0.25) is 0 Å². The summed E-state index contributed by atoms with van der Waals surface area (Å²) in [6.45, 7) is 9.84. The molecule has 0 heterocycles. The van der Waals surface area contributed by atoms with Crippen molar-refractivity contribution in [3.63, 3.8) is 0 Å². The van der Waals surface area contributed by atoms with Crippen molar-refractivity contribution in [3.05, 3.63) is 12.2 Å². The van der Waals surface area contributed by atoms with E-state index in [4.69, 9.17) is 22.8 Å². The number of carboxylic acid groups (broad SMARTS) is 1. The van der Waals surface area contributed by atoms with Crippen LogP contribution >= 0.6 is 0 Å². The summed E-state index contributed by atoms with van der Waals surface area (Å²) in [5.74, 6) is -3.20. The van der Waals surface area contributed by atoms with E-state index >= 15 is 0 Å². The van der Waals surface area contributed by atoms with E-state index in [9.17, 15) is 19.2 Å². The molecule has 0 aliphatic carbocycles. The smallest absolute Gasteiger partial charge is 0.478 e. The van der Waals surface area contributed by atoms with Crippen molar-refractivity contribution in [1.29, 1.82) is 0 Å². The number of carbonyl (C=O) groups excluding carboxylic acids is 3. The predicted octanol–water partition coefficient (Wildman–Crippen LogP) is 1.18. The molecule has 1 N–H and O–H groups in total. The summed E-state index contributed by atoms with van der Waals surface area (Å²) in [5, 5.41) is 7.89. The summed E-state index contributed by atoms with van der Waals surface area (Å²) in [7, 11) is -4.05. The lowest BCUT2D eigenvalue weighted by Crippen LogP contribution is -2.52. The molecule has 0 amide bonds. The predicted molar refractivity (Wildman–Crippen MR) is 79.7 cm³/mol. The molecular weight excluding hydrogens is 328 g/mol. The average molecular weight is 350 g/mol. The maximum atomic E-state index is 10.9. The molecule has 0 aromatic rings. The van der Waals surface area contributed by atoms with Crippen LogP contribution < -0.4 is 0 Å².